The summed E-state index contributed by atoms with van der Waals surface area (Å²) in [5.41, 5.74) is 7.10. The topological polar surface area (TPSA) is 64.3 Å². The third-order valence-electron chi connectivity index (χ3n) is 2.92. The molecule has 20 heavy (non-hydrogen) atoms. The van der Waals surface area contributed by atoms with E-state index in [1.54, 1.807) is 6.92 Å². The van der Waals surface area contributed by atoms with Gasteiger partial charge in [-0.2, -0.15) is 0 Å². The Hall–Kier alpha value is -2.49. The van der Waals surface area contributed by atoms with Crippen molar-refractivity contribution >= 4 is 11.6 Å². The van der Waals surface area contributed by atoms with Gasteiger partial charge in [-0.25, -0.2) is 0 Å². The highest BCUT2D eigenvalue weighted by Gasteiger charge is 2.11. The van der Waals surface area contributed by atoms with E-state index >= 15 is 0 Å². The number of benzene rings is 2. The SMILES string of the molecule is C[C@H](Nc1ccccc1OCc1ccccc1)C(N)=O. The molecule has 104 valence electrons. The molecule has 0 radical (unpaired) electrons. The summed E-state index contributed by atoms with van der Waals surface area (Å²) in [4.78, 5) is 11.1. The Morgan fingerprint density at radius 3 is 2.50 bits per heavy atom. The number of nitrogens with one attached hydrogen (secondary N) is 1. The lowest BCUT2D eigenvalue weighted by Gasteiger charge is -2.16. The van der Waals surface area contributed by atoms with Crippen molar-refractivity contribution in [1.82, 2.24) is 0 Å². The Morgan fingerprint density at radius 2 is 1.80 bits per heavy atom. The van der Waals surface area contributed by atoms with Gasteiger partial charge >= 0.3 is 0 Å². The van der Waals surface area contributed by atoms with Crippen LogP contribution in [0.5, 0.6) is 5.75 Å². The molecule has 1 atom stereocenters. The first-order valence-corrected chi connectivity index (χ1v) is 6.48. The molecule has 3 N–H and O–H groups in total. The normalized spacial score (nSPS) is 11.7. The largest absolute Gasteiger partial charge is 0.487 e. The van der Waals surface area contributed by atoms with Crippen LogP contribution in [0.3, 0.4) is 0 Å². The van der Waals surface area contributed by atoms with Crippen LogP contribution in [0.2, 0.25) is 0 Å². The number of hydrogen-bond acceptors (Lipinski definition) is 3. The van der Waals surface area contributed by atoms with Crippen LogP contribution in [0.4, 0.5) is 5.69 Å². The summed E-state index contributed by atoms with van der Waals surface area (Å²) in [7, 11) is 0. The van der Waals surface area contributed by atoms with E-state index in [0.29, 0.717) is 12.4 Å². The number of carbonyl (C=O) groups excluding carboxylic acids is 1. The van der Waals surface area contributed by atoms with Crippen molar-refractivity contribution in [3.05, 3.63) is 60.2 Å². The number of primary amides is 1. The summed E-state index contributed by atoms with van der Waals surface area (Å²) < 4.78 is 5.79. The Labute approximate surface area is 118 Å². The van der Waals surface area contributed by atoms with Gasteiger partial charge in [0.15, 0.2) is 0 Å². The molecule has 0 saturated heterocycles. The Kier molecular flexibility index (Phi) is 4.60. The van der Waals surface area contributed by atoms with Crippen LogP contribution in [-0.4, -0.2) is 11.9 Å². The van der Waals surface area contributed by atoms with Crippen molar-refractivity contribution in [2.24, 2.45) is 5.73 Å². The Bertz CT molecular complexity index is 570. The van der Waals surface area contributed by atoms with Gasteiger partial charge < -0.3 is 15.8 Å². The summed E-state index contributed by atoms with van der Waals surface area (Å²) in [6.07, 6.45) is 0. The molecule has 1 amide bonds. The molecule has 0 saturated carbocycles. The second kappa shape index (κ2) is 6.61. The molecule has 2 aromatic rings. The maximum atomic E-state index is 11.1. The Balaban J connectivity index is 2.06. The zero-order chi connectivity index (χ0) is 14.4. The van der Waals surface area contributed by atoms with E-state index in [1.807, 2.05) is 54.6 Å². The summed E-state index contributed by atoms with van der Waals surface area (Å²) in [5, 5.41) is 3.05. The second-order valence-electron chi connectivity index (χ2n) is 4.54. The zero-order valence-corrected chi connectivity index (χ0v) is 11.4. The van der Waals surface area contributed by atoms with E-state index in [1.165, 1.54) is 0 Å². The van der Waals surface area contributed by atoms with Gasteiger partial charge in [0.1, 0.15) is 18.4 Å². The van der Waals surface area contributed by atoms with Crippen molar-refractivity contribution in [3.8, 4) is 5.75 Å². The van der Waals surface area contributed by atoms with Crippen LogP contribution in [0.15, 0.2) is 54.6 Å². The minimum atomic E-state index is -0.448. The lowest BCUT2D eigenvalue weighted by molar-refractivity contribution is -0.118. The molecule has 0 aliphatic heterocycles. The van der Waals surface area contributed by atoms with Gasteiger partial charge in [-0.3, -0.25) is 4.79 Å². The standard InChI is InChI=1S/C16H18N2O2/c1-12(16(17)19)18-14-9-5-6-10-15(14)20-11-13-7-3-2-4-8-13/h2-10,12,18H,11H2,1H3,(H2,17,19)/t12-/m0/s1. The van der Waals surface area contributed by atoms with Crippen LogP contribution in [0.1, 0.15) is 12.5 Å². The Morgan fingerprint density at radius 1 is 1.15 bits per heavy atom. The lowest BCUT2D eigenvalue weighted by atomic mass is 10.2. The molecule has 0 unspecified atom stereocenters. The van der Waals surface area contributed by atoms with Gasteiger partial charge in [0.2, 0.25) is 5.91 Å². The van der Waals surface area contributed by atoms with E-state index in [9.17, 15) is 4.79 Å². The summed E-state index contributed by atoms with van der Waals surface area (Å²) in [5.74, 6) is 0.298. The number of carbonyl (C=O) groups is 1. The number of ether oxygens (including phenoxy) is 1. The van der Waals surface area contributed by atoms with Gasteiger partial charge in [-0.15, -0.1) is 0 Å². The monoisotopic (exact) mass is 270 g/mol. The molecule has 4 nitrogen and oxygen atoms in total. The summed E-state index contributed by atoms with van der Waals surface area (Å²) in [6, 6.07) is 17.0. The fraction of sp³-hybridized carbons (Fsp3) is 0.188. The first-order chi connectivity index (χ1) is 9.66. The predicted molar refractivity (Wildman–Crippen MR) is 79.5 cm³/mol. The third kappa shape index (κ3) is 3.75. The zero-order valence-electron chi connectivity index (χ0n) is 11.4. The molecule has 0 aliphatic rings. The maximum absolute atomic E-state index is 11.1. The van der Waals surface area contributed by atoms with E-state index in [0.717, 1.165) is 11.3 Å². The van der Waals surface area contributed by atoms with Crippen molar-refractivity contribution in [2.45, 2.75) is 19.6 Å². The van der Waals surface area contributed by atoms with Gasteiger partial charge in [-0.1, -0.05) is 42.5 Å². The molecule has 2 rings (SSSR count). The number of anilines is 1. The van der Waals surface area contributed by atoms with Crippen LogP contribution in [-0.2, 0) is 11.4 Å². The van der Waals surface area contributed by atoms with Crippen LogP contribution in [0.25, 0.3) is 0 Å². The van der Waals surface area contributed by atoms with Gasteiger partial charge in [0.25, 0.3) is 0 Å². The highest BCUT2D eigenvalue weighted by Crippen LogP contribution is 2.25. The number of rotatable bonds is 6. The van der Waals surface area contributed by atoms with Crippen molar-refractivity contribution in [3.63, 3.8) is 0 Å². The van der Waals surface area contributed by atoms with Crippen molar-refractivity contribution < 1.29 is 9.53 Å². The number of nitrogens with two attached hydrogens (primary N) is 1. The summed E-state index contributed by atoms with van der Waals surface area (Å²) in [6.45, 7) is 2.20. The second-order valence-corrected chi connectivity index (χ2v) is 4.54. The smallest absolute Gasteiger partial charge is 0.239 e. The number of hydrogen-bond donors (Lipinski definition) is 2. The number of amides is 1. The summed E-state index contributed by atoms with van der Waals surface area (Å²) >= 11 is 0. The molecular formula is C16H18N2O2. The molecule has 0 bridgehead atoms. The molecule has 2 aromatic carbocycles. The lowest BCUT2D eigenvalue weighted by Crippen LogP contribution is -2.32. The highest BCUT2D eigenvalue weighted by atomic mass is 16.5. The van der Waals surface area contributed by atoms with E-state index in [4.69, 9.17) is 10.5 Å². The average Bonchev–Trinajstić information content (AvgIpc) is 2.47. The van der Waals surface area contributed by atoms with Gasteiger partial charge in [0.05, 0.1) is 5.69 Å². The molecule has 0 aromatic heterocycles. The van der Waals surface area contributed by atoms with E-state index in [-0.39, 0.29) is 0 Å². The van der Waals surface area contributed by atoms with Crippen molar-refractivity contribution in [1.29, 1.82) is 0 Å². The molecule has 0 aliphatic carbocycles. The number of para-hydroxylation sites is 2. The van der Waals surface area contributed by atoms with Crippen LogP contribution >= 0.6 is 0 Å². The first kappa shape index (κ1) is 13.9. The third-order valence-corrected chi connectivity index (χ3v) is 2.92. The van der Waals surface area contributed by atoms with Crippen LogP contribution < -0.4 is 15.8 Å². The quantitative estimate of drug-likeness (QED) is 0.848. The first-order valence-electron chi connectivity index (χ1n) is 6.48. The van der Waals surface area contributed by atoms with Crippen LogP contribution in [0, 0.1) is 0 Å². The van der Waals surface area contributed by atoms with Gasteiger partial charge in [-0.05, 0) is 24.6 Å². The predicted octanol–water partition coefficient (Wildman–Crippen LogP) is 2.55. The molecule has 0 spiro atoms. The van der Waals surface area contributed by atoms with Gasteiger partial charge in [0, 0.05) is 0 Å². The van der Waals surface area contributed by atoms with E-state index < -0.39 is 11.9 Å². The van der Waals surface area contributed by atoms with Crippen molar-refractivity contribution in [2.75, 3.05) is 5.32 Å². The fourth-order valence-electron chi connectivity index (χ4n) is 1.75. The minimum Gasteiger partial charge on any atom is -0.487 e. The average molecular weight is 270 g/mol. The molecule has 4 heteroatoms. The minimum absolute atomic E-state index is 0.400. The maximum Gasteiger partial charge on any atom is 0.239 e. The molecule has 0 fully saturated rings. The molecular weight excluding hydrogens is 252 g/mol. The van der Waals surface area contributed by atoms with E-state index in [2.05, 4.69) is 5.32 Å². The fourth-order valence-corrected chi connectivity index (χ4v) is 1.75. The molecule has 0 heterocycles. The highest BCUT2D eigenvalue weighted by molar-refractivity contribution is 5.83.